The van der Waals surface area contributed by atoms with Crippen LogP contribution in [0.1, 0.15) is 11.3 Å². The Balaban J connectivity index is 2.33. The molecule has 0 aliphatic rings. The summed E-state index contributed by atoms with van der Waals surface area (Å²) < 4.78 is 7.25. The van der Waals surface area contributed by atoms with E-state index in [0.29, 0.717) is 11.8 Å². The first-order chi connectivity index (χ1) is 7.56. The van der Waals surface area contributed by atoms with Crippen LogP contribution in [0.3, 0.4) is 0 Å². The molecule has 0 fully saturated rings. The first-order valence-electron chi connectivity index (χ1n) is 4.74. The lowest BCUT2D eigenvalue weighted by atomic mass is 10.4. The Bertz CT molecular complexity index is 524. The van der Waals surface area contributed by atoms with Gasteiger partial charge < -0.3 is 4.74 Å². The van der Waals surface area contributed by atoms with Crippen LogP contribution in [0, 0.1) is 13.8 Å². The van der Waals surface area contributed by atoms with E-state index in [2.05, 4.69) is 15.1 Å². The number of nitrogens with zero attached hydrogens (tertiary/aromatic N) is 4. The molecule has 16 heavy (non-hydrogen) atoms. The summed E-state index contributed by atoms with van der Waals surface area (Å²) in [7, 11) is 1.81. The van der Waals surface area contributed by atoms with Crippen molar-refractivity contribution in [1.82, 2.24) is 19.7 Å². The van der Waals surface area contributed by atoms with Gasteiger partial charge in [-0.1, -0.05) is 0 Å². The van der Waals surface area contributed by atoms with Crippen LogP contribution < -0.4 is 4.74 Å². The molecule has 0 amide bonds. The lowest BCUT2D eigenvalue weighted by molar-refractivity contribution is 0.411. The molecule has 0 aromatic carbocycles. The minimum Gasteiger partial charge on any atom is -0.421 e. The van der Waals surface area contributed by atoms with Crippen LogP contribution in [-0.2, 0) is 7.05 Å². The molecule has 2 rings (SSSR count). The Morgan fingerprint density at radius 1 is 1.38 bits per heavy atom. The third-order valence-corrected chi connectivity index (χ3v) is 2.24. The van der Waals surface area contributed by atoms with E-state index in [-0.39, 0.29) is 5.28 Å². The highest BCUT2D eigenvalue weighted by molar-refractivity contribution is 6.28. The summed E-state index contributed by atoms with van der Waals surface area (Å²) in [5.41, 5.74) is 1.71. The molecule has 0 saturated heterocycles. The lowest BCUT2D eigenvalue weighted by Crippen LogP contribution is -1.98. The minimum atomic E-state index is 0.166. The van der Waals surface area contributed by atoms with E-state index in [1.54, 1.807) is 17.9 Å². The molecule has 0 aliphatic carbocycles. The summed E-state index contributed by atoms with van der Waals surface area (Å²) in [6, 6.07) is 1.83. The molecule has 0 atom stereocenters. The summed E-state index contributed by atoms with van der Waals surface area (Å²) in [5.74, 6) is 1.07. The van der Waals surface area contributed by atoms with Crippen LogP contribution in [0.4, 0.5) is 0 Å². The van der Waals surface area contributed by atoms with E-state index in [1.807, 2.05) is 19.9 Å². The molecule has 6 heteroatoms. The van der Waals surface area contributed by atoms with Gasteiger partial charge in [0.05, 0.1) is 5.69 Å². The van der Waals surface area contributed by atoms with Gasteiger partial charge >= 0.3 is 0 Å². The molecule has 0 N–H and O–H groups in total. The van der Waals surface area contributed by atoms with E-state index in [4.69, 9.17) is 16.3 Å². The monoisotopic (exact) mass is 238 g/mol. The van der Waals surface area contributed by atoms with E-state index >= 15 is 0 Å². The maximum absolute atomic E-state index is 5.70. The van der Waals surface area contributed by atoms with Crippen molar-refractivity contribution in [3.63, 3.8) is 0 Å². The van der Waals surface area contributed by atoms with Crippen molar-refractivity contribution in [2.75, 3.05) is 0 Å². The van der Waals surface area contributed by atoms with Crippen LogP contribution in [-0.4, -0.2) is 19.7 Å². The van der Waals surface area contributed by atoms with Crippen molar-refractivity contribution in [3.05, 3.63) is 28.8 Å². The molecule has 2 heterocycles. The molecule has 0 radical (unpaired) electrons. The highest BCUT2D eigenvalue weighted by Crippen LogP contribution is 2.23. The Hall–Kier alpha value is -1.62. The third-order valence-electron chi connectivity index (χ3n) is 2.06. The molecule has 2 aromatic heterocycles. The molecule has 0 bridgehead atoms. The van der Waals surface area contributed by atoms with Gasteiger partial charge in [0.2, 0.25) is 17.0 Å². The fourth-order valence-corrected chi connectivity index (χ4v) is 1.42. The van der Waals surface area contributed by atoms with E-state index in [9.17, 15) is 0 Å². The van der Waals surface area contributed by atoms with Gasteiger partial charge in [-0.15, -0.1) is 0 Å². The second-order valence-corrected chi connectivity index (χ2v) is 3.81. The van der Waals surface area contributed by atoms with Crippen LogP contribution in [0.5, 0.6) is 11.8 Å². The van der Waals surface area contributed by atoms with E-state index in [1.165, 1.54) is 0 Å². The van der Waals surface area contributed by atoms with Gasteiger partial charge in [-0.25, -0.2) is 9.67 Å². The van der Waals surface area contributed by atoms with Crippen molar-refractivity contribution in [2.45, 2.75) is 13.8 Å². The first kappa shape index (κ1) is 10.9. The number of aryl methyl sites for hydroxylation is 3. The van der Waals surface area contributed by atoms with Gasteiger partial charge in [-0.2, -0.15) is 10.1 Å². The number of aromatic nitrogens is 4. The Kier molecular flexibility index (Phi) is 2.78. The summed E-state index contributed by atoms with van der Waals surface area (Å²) in [6.45, 7) is 3.75. The first-order valence-corrected chi connectivity index (χ1v) is 5.11. The highest BCUT2D eigenvalue weighted by Gasteiger charge is 2.09. The predicted molar refractivity (Wildman–Crippen MR) is 59.8 cm³/mol. The number of rotatable bonds is 2. The average Bonchev–Trinajstić information content (AvgIpc) is 2.51. The zero-order valence-electron chi connectivity index (χ0n) is 9.23. The Labute approximate surface area is 98.0 Å². The Morgan fingerprint density at radius 3 is 2.75 bits per heavy atom. The van der Waals surface area contributed by atoms with Gasteiger partial charge in [0.15, 0.2) is 0 Å². The van der Waals surface area contributed by atoms with Crippen molar-refractivity contribution < 1.29 is 4.74 Å². The lowest BCUT2D eigenvalue weighted by Gasteiger charge is -2.06. The Morgan fingerprint density at radius 2 is 2.12 bits per heavy atom. The van der Waals surface area contributed by atoms with E-state index < -0.39 is 0 Å². The SMILES string of the molecule is Cc1cc(Oc2nc(Cl)ncc2C)n(C)n1. The summed E-state index contributed by atoms with van der Waals surface area (Å²) in [6.07, 6.45) is 1.62. The molecule has 2 aromatic rings. The largest absolute Gasteiger partial charge is 0.421 e. The van der Waals surface area contributed by atoms with Crippen LogP contribution in [0.2, 0.25) is 5.28 Å². The van der Waals surface area contributed by atoms with Crippen LogP contribution >= 0.6 is 11.6 Å². The number of halogens is 1. The molecule has 0 aliphatic heterocycles. The molecule has 84 valence electrons. The topological polar surface area (TPSA) is 52.8 Å². The van der Waals surface area contributed by atoms with Gasteiger partial charge in [-0.05, 0) is 25.4 Å². The maximum Gasteiger partial charge on any atom is 0.228 e. The number of ether oxygens (including phenoxy) is 1. The molecule has 5 nitrogen and oxygen atoms in total. The average molecular weight is 239 g/mol. The second-order valence-electron chi connectivity index (χ2n) is 3.48. The van der Waals surface area contributed by atoms with Crippen molar-refractivity contribution in [3.8, 4) is 11.8 Å². The maximum atomic E-state index is 5.70. The predicted octanol–water partition coefficient (Wildman–Crippen LogP) is 2.27. The summed E-state index contributed by atoms with van der Waals surface area (Å²) in [5, 5.41) is 4.34. The van der Waals surface area contributed by atoms with Gasteiger partial charge in [-0.3, -0.25) is 0 Å². The van der Waals surface area contributed by atoms with Crippen molar-refractivity contribution in [1.29, 1.82) is 0 Å². The van der Waals surface area contributed by atoms with Gasteiger partial charge in [0.25, 0.3) is 0 Å². The molecular weight excluding hydrogens is 228 g/mol. The van der Waals surface area contributed by atoms with Crippen molar-refractivity contribution >= 4 is 11.6 Å². The smallest absolute Gasteiger partial charge is 0.228 e. The highest BCUT2D eigenvalue weighted by atomic mass is 35.5. The van der Waals surface area contributed by atoms with Gasteiger partial charge in [0, 0.05) is 24.9 Å². The molecular formula is C10H11ClN4O. The minimum absolute atomic E-state index is 0.166. The quantitative estimate of drug-likeness (QED) is 0.754. The standard InChI is InChI=1S/C10H11ClN4O/c1-6-5-12-10(11)13-9(6)16-8-4-7(2)14-15(8)3/h4-5H,1-3H3. The fraction of sp³-hybridized carbons (Fsp3) is 0.300. The van der Waals surface area contributed by atoms with Crippen LogP contribution in [0.15, 0.2) is 12.3 Å². The molecule has 0 saturated carbocycles. The molecule has 0 unspecified atom stereocenters. The summed E-state index contributed by atoms with van der Waals surface area (Å²) >= 11 is 5.70. The van der Waals surface area contributed by atoms with E-state index in [0.717, 1.165) is 11.3 Å². The molecule has 0 spiro atoms. The number of hydrogen-bond acceptors (Lipinski definition) is 4. The zero-order chi connectivity index (χ0) is 11.7. The summed E-state index contributed by atoms with van der Waals surface area (Å²) in [4.78, 5) is 7.87. The normalized spacial score (nSPS) is 10.5. The third kappa shape index (κ3) is 2.14. The fourth-order valence-electron chi connectivity index (χ4n) is 1.29. The zero-order valence-corrected chi connectivity index (χ0v) is 9.99. The second kappa shape index (κ2) is 4.09. The van der Waals surface area contributed by atoms with Crippen molar-refractivity contribution in [2.24, 2.45) is 7.05 Å². The van der Waals surface area contributed by atoms with Gasteiger partial charge in [0.1, 0.15) is 0 Å². The van der Waals surface area contributed by atoms with Crippen LogP contribution in [0.25, 0.3) is 0 Å². The number of hydrogen-bond donors (Lipinski definition) is 0.